The molecule has 0 aliphatic rings. The second-order valence-electron chi connectivity index (χ2n) is 4.75. The molecule has 0 amide bonds. The smallest absolute Gasteiger partial charge is 0.188 e. The van der Waals surface area contributed by atoms with E-state index in [4.69, 9.17) is 5.73 Å². The van der Waals surface area contributed by atoms with Crippen molar-refractivity contribution < 1.29 is 0 Å². The van der Waals surface area contributed by atoms with Crippen LogP contribution in [-0.2, 0) is 0 Å². The van der Waals surface area contributed by atoms with Crippen molar-refractivity contribution in [3.05, 3.63) is 47.5 Å². The van der Waals surface area contributed by atoms with E-state index in [-0.39, 0.29) is 0 Å². The largest absolute Gasteiger partial charge is 0.399 e. The van der Waals surface area contributed by atoms with Gasteiger partial charge in [-0.15, -0.1) is 0 Å². The first-order chi connectivity index (χ1) is 9.10. The Kier molecular flexibility index (Phi) is 2.87. The summed E-state index contributed by atoms with van der Waals surface area (Å²) in [6.45, 7) is 4.19. The zero-order valence-electron chi connectivity index (χ0n) is 10.9. The van der Waals surface area contributed by atoms with E-state index in [2.05, 4.69) is 42.3 Å². The summed E-state index contributed by atoms with van der Waals surface area (Å²) in [4.78, 5) is 4.56. The molecular formula is C15H15N3S. The van der Waals surface area contributed by atoms with Crippen molar-refractivity contribution >= 4 is 38.1 Å². The molecule has 0 atom stereocenters. The van der Waals surface area contributed by atoms with E-state index >= 15 is 0 Å². The standard InChI is InChI=1S/C15H15N3S/c1-9-5-10(2)7-12(6-9)17-15-18-13-4-3-11(16)8-14(13)19-15/h3-8H,16H2,1-2H3,(H,17,18). The van der Waals surface area contributed by atoms with Crippen molar-refractivity contribution in [1.82, 2.24) is 4.98 Å². The fourth-order valence-corrected chi connectivity index (χ4v) is 3.10. The van der Waals surface area contributed by atoms with E-state index in [0.717, 1.165) is 26.7 Å². The highest BCUT2D eigenvalue weighted by atomic mass is 32.1. The van der Waals surface area contributed by atoms with Crippen molar-refractivity contribution in [3.8, 4) is 0 Å². The minimum absolute atomic E-state index is 0.772. The predicted molar refractivity (Wildman–Crippen MR) is 83.2 cm³/mol. The van der Waals surface area contributed by atoms with E-state index < -0.39 is 0 Å². The number of hydrogen-bond donors (Lipinski definition) is 2. The number of benzene rings is 2. The third kappa shape index (κ3) is 2.53. The van der Waals surface area contributed by atoms with Crippen LogP contribution in [-0.4, -0.2) is 4.98 Å². The maximum atomic E-state index is 5.78. The van der Waals surface area contributed by atoms with Gasteiger partial charge in [-0.05, 0) is 55.3 Å². The molecule has 0 aliphatic heterocycles. The molecule has 0 radical (unpaired) electrons. The monoisotopic (exact) mass is 269 g/mol. The molecule has 3 nitrogen and oxygen atoms in total. The van der Waals surface area contributed by atoms with Crippen LogP contribution in [0.25, 0.3) is 10.2 Å². The van der Waals surface area contributed by atoms with Crippen LogP contribution in [0.4, 0.5) is 16.5 Å². The number of fused-ring (bicyclic) bond motifs is 1. The number of hydrogen-bond acceptors (Lipinski definition) is 4. The first-order valence-corrected chi connectivity index (χ1v) is 6.93. The number of nitrogen functional groups attached to an aromatic ring is 1. The maximum Gasteiger partial charge on any atom is 0.188 e. The number of nitrogens with two attached hydrogens (primary N) is 1. The second-order valence-corrected chi connectivity index (χ2v) is 5.78. The molecule has 0 aliphatic carbocycles. The van der Waals surface area contributed by atoms with Gasteiger partial charge in [-0.25, -0.2) is 4.98 Å². The molecule has 0 saturated heterocycles. The van der Waals surface area contributed by atoms with Gasteiger partial charge < -0.3 is 11.1 Å². The molecule has 0 saturated carbocycles. The third-order valence-electron chi connectivity index (χ3n) is 2.89. The molecule has 3 rings (SSSR count). The first-order valence-electron chi connectivity index (χ1n) is 6.11. The van der Waals surface area contributed by atoms with Crippen molar-refractivity contribution in [1.29, 1.82) is 0 Å². The first kappa shape index (κ1) is 12.0. The SMILES string of the molecule is Cc1cc(C)cc(Nc2nc3ccc(N)cc3s2)c1. The number of nitrogens with zero attached hydrogens (tertiary/aromatic N) is 1. The Morgan fingerprint density at radius 1 is 1.05 bits per heavy atom. The number of aryl methyl sites for hydroxylation is 2. The molecule has 1 heterocycles. The Balaban J connectivity index is 1.96. The molecule has 3 N–H and O–H groups in total. The van der Waals surface area contributed by atoms with Crippen molar-refractivity contribution in [2.45, 2.75) is 13.8 Å². The van der Waals surface area contributed by atoms with Crippen molar-refractivity contribution in [3.63, 3.8) is 0 Å². The van der Waals surface area contributed by atoms with Crippen LogP contribution in [0.5, 0.6) is 0 Å². The Morgan fingerprint density at radius 3 is 2.53 bits per heavy atom. The molecule has 0 spiro atoms. The predicted octanol–water partition coefficient (Wildman–Crippen LogP) is 4.24. The number of nitrogens with one attached hydrogen (secondary N) is 1. The van der Waals surface area contributed by atoms with Crippen LogP contribution in [0.1, 0.15) is 11.1 Å². The number of thiazole rings is 1. The highest BCUT2D eigenvalue weighted by Gasteiger charge is 2.05. The molecule has 19 heavy (non-hydrogen) atoms. The summed E-state index contributed by atoms with van der Waals surface area (Å²) in [7, 11) is 0. The minimum atomic E-state index is 0.772. The van der Waals surface area contributed by atoms with Crippen LogP contribution in [0.2, 0.25) is 0 Å². The van der Waals surface area contributed by atoms with Gasteiger partial charge in [0.2, 0.25) is 0 Å². The normalized spacial score (nSPS) is 10.8. The molecule has 2 aromatic carbocycles. The van der Waals surface area contributed by atoms with E-state index in [1.807, 2.05) is 18.2 Å². The second kappa shape index (κ2) is 4.55. The lowest BCUT2D eigenvalue weighted by Gasteiger charge is -2.05. The molecular weight excluding hydrogens is 254 g/mol. The molecule has 96 valence electrons. The summed E-state index contributed by atoms with van der Waals surface area (Å²) in [5.74, 6) is 0. The van der Waals surface area contributed by atoms with Crippen molar-refractivity contribution in [2.75, 3.05) is 11.1 Å². The lowest BCUT2D eigenvalue weighted by atomic mass is 10.1. The van der Waals surface area contributed by atoms with Gasteiger partial charge >= 0.3 is 0 Å². The average Bonchev–Trinajstić information content (AvgIpc) is 2.68. The van der Waals surface area contributed by atoms with E-state index in [0.29, 0.717) is 0 Å². The molecule has 4 heteroatoms. The van der Waals surface area contributed by atoms with Gasteiger partial charge in [0.05, 0.1) is 10.2 Å². The summed E-state index contributed by atoms with van der Waals surface area (Å²) < 4.78 is 1.10. The van der Waals surface area contributed by atoms with Gasteiger partial charge in [0.1, 0.15) is 0 Å². The summed E-state index contributed by atoms with van der Waals surface area (Å²) in [5, 5.41) is 4.26. The highest BCUT2D eigenvalue weighted by Crippen LogP contribution is 2.30. The summed E-state index contributed by atoms with van der Waals surface area (Å²) >= 11 is 1.62. The molecule has 3 aromatic rings. The van der Waals surface area contributed by atoms with Crippen LogP contribution >= 0.6 is 11.3 Å². The molecule has 0 bridgehead atoms. The molecule has 0 unspecified atom stereocenters. The van der Waals surface area contributed by atoms with Gasteiger partial charge in [-0.1, -0.05) is 17.4 Å². The van der Waals surface area contributed by atoms with E-state index in [9.17, 15) is 0 Å². The average molecular weight is 269 g/mol. The Hall–Kier alpha value is -2.07. The van der Waals surface area contributed by atoms with Crippen LogP contribution < -0.4 is 11.1 Å². The molecule has 1 aromatic heterocycles. The quantitative estimate of drug-likeness (QED) is 0.684. The topological polar surface area (TPSA) is 50.9 Å². The summed E-state index contributed by atoms with van der Waals surface area (Å²) in [6.07, 6.45) is 0. The Labute approximate surface area is 116 Å². The number of anilines is 3. The van der Waals surface area contributed by atoms with E-state index in [1.165, 1.54) is 11.1 Å². The van der Waals surface area contributed by atoms with Crippen molar-refractivity contribution in [2.24, 2.45) is 0 Å². The highest BCUT2D eigenvalue weighted by molar-refractivity contribution is 7.22. The Bertz CT molecular complexity index is 726. The number of aromatic nitrogens is 1. The fraction of sp³-hybridized carbons (Fsp3) is 0.133. The lowest BCUT2D eigenvalue weighted by Crippen LogP contribution is -1.90. The maximum absolute atomic E-state index is 5.78. The third-order valence-corrected chi connectivity index (χ3v) is 3.82. The lowest BCUT2D eigenvalue weighted by molar-refractivity contribution is 1.36. The van der Waals surface area contributed by atoms with Gasteiger partial charge in [0, 0.05) is 11.4 Å². The fourth-order valence-electron chi connectivity index (χ4n) is 2.16. The van der Waals surface area contributed by atoms with Crippen LogP contribution in [0.3, 0.4) is 0 Å². The van der Waals surface area contributed by atoms with Crippen LogP contribution in [0, 0.1) is 13.8 Å². The zero-order valence-corrected chi connectivity index (χ0v) is 11.7. The van der Waals surface area contributed by atoms with Gasteiger partial charge in [0.15, 0.2) is 5.13 Å². The van der Waals surface area contributed by atoms with E-state index in [1.54, 1.807) is 11.3 Å². The summed E-state index contributed by atoms with van der Waals surface area (Å²) in [5.41, 5.74) is 11.1. The van der Waals surface area contributed by atoms with Gasteiger partial charge in [-0.3, -0.25) is 0 Å². The minimum Gasteiger partial charge on any atom is -0.399 e. The van der Waals surface area contributed by atoms with Gasteiger partial charge in [-0.2, -0.15) is 0 Å². The Morgan fingerprint density at radius 2 is 1.79 bits per heavy atom. The summed E-state index contributed by atoms with van der Waals surface area (Å²) in [6, 6.07) is 12.2. The molecule has 0 fully saturated rings. The van der Waals surface area contributed by atoms with Gasteiger partial charge in [0.25, 0.3) is 0 Å². The number of rotatable bonds is 2. The van der Waals surface area contributed by atoms with Crippen LogP contribution in [0.15, 0.2) is 36.4 Å². The zero-order chi connectivity index (χ0) is 13.4.